The van der Waals surface area contributed by atoms with Crippen LogP contribution in [0.3, 0.4) is 0 Å². The lowest BCUT2D eigenvalue weighted by Gasteiger charge is -2.38. The van der Waals surface area contributed by atoms with Crippen molar-refractivity contribution in [1.29, 1.82) is 0 Å². The third kappa shape index (κ3) is 3.96. The summed E-state index contributed by atoms with van der Waals surface area (Å²) in [4.78, 5) is 28.5. The molecule has 0 N–H and O–H groups in total. The molecule has 2 fully saturated rings. The number of likely N-dealkylation sites (tertiary alicyclic amines) is 1. The highest BCUT2D eigenvalue weighted by molar-refractivity contribution is 5.98. The summed E-state index contributed by atoms with van der Waals surface area (Å²) < 4.78 is 15.0. The van der Waals surface area contributed by atoms with E-state index < -0.39 is 5.82 Å². The fourth-order valence-electron chi connectivity index (χ4n) is 5.37. The molecule has 0 saturated carbocycles. The molecule has 1 aromatic carbocycles. The van der Waals surface area contributed by atoms with Crippen molar-refractivity contribution in [2.24, 2.45) is 0 Å². The molecule has 172 valence electrons. The first kappa shape index (κ1) is 21.5. The van der Waals surface area contributed by atoms with Crippen LogP contribution in [0.4, 0.5) is 10.3 Å². The van der Waals surface area contributed by atoms with Gasteiger partial charge in [-0.1, -0.05) is 6.07 Å². The number of hydrogen-bond acceptors (Lipinski definition) is 6. The number of aromatic nitrogens is 5. The minimum atomic E-state index is -0.546. The van der Waals surface area contributed by atoms with E-state index in [1.807, 2.05) is 24.8 Å². The number of amides is 1. The maximum absolute atomic E-state index is 15.0. The Labute approximate surface area is 192 Å². The summed E-state index contributed by atoms with van der Waals surface area (Å²) in [5.41, 5.74) is 2.02. The van der Waals surface area contributed by atoms with Crippen LogP contribution in [0.15, 0.2) is 36.7 Å². The van der Waals surface area contributed by atoms with Crippen LogP contribution < -0.4 is 4.90 Å². The molecule has 0 bridgehead atoms. The Kier molecular flexibility index (Phi) is 5.55. The summed E-state index contributed by atoms with van der Waals surface area (Å²) in [5, 5.41) is 8.24. The van der Waals surface area contributed by atoms with Gasteiger partial charge in [0.05, 0.1) is 12.4 Å². The van der Waals surface area contributed by atoms with Crippen molar-refractivity contribution in [3.63, 3.8) is 0 Å². The van der Waals surface area contributed by atoms with Gasteiger partial charge >= 0.3 is 0 Å². The van der Waals surface area contributed by atoms with E-state index in [0.717, 1.165) is 62.5 Å². The Bertz CT molecular complexity index is 1150. The molecule has 2 aromatic heterocycles. The number of anilines is 1. The van der Waals surface area contributed by atoms with Gasteiger partial charge in [-0.05, 0) is 64.2 Å². The lowest BCUT2D eigenvalue weighted by atomic mass is 9.87. The summed E-state index contributed by atoms with van der Waals surface area (Å²) >= 11 is 0. The highest BCUT2D eigenvalue weighted by atomic mass is 19.1. The molecule has 2 aliphatic rings. The molecule has 33 heavy (non-hydrogen) atoms. The summed E-state index contributed by atoms with van der Waals surface area (Å²) in [5.74, 6) is -0.0775. The van der Waals surface area contributed by atoms with Crippen molar-refractivity contribution in [3.05, 3.63) is 59.4 Å². The number of hydrogen-bond donors (Lipinski definition) is 0. The second-order valence-electron chi connectivity index (χ2n) is 9.03. The predicted octanol–water partition coefficient (Wildman–Crippen LogP) is 3.48. The monoisotopic (exact) mass is 449 g/mol. The van der Waals surface area contributed by atoms with Gasteiger partial charge in [0.2, 0.25) is 5.95 Å². The van der Waals surface area contributed by atoms with Gasteiger partial charge in [-0.15, -0.1) is 0 Å². The van der Waals surface area contributed by atoms with Crippen LogP contribution in [0.2, 0.25) is 0 Å². The van der Waals surface area contributed by atoms with Crippen LogP contribution in [-0.2, 0) is 0 Å². The molecule has 1 unspecified atom stereocenters. The maximum atomic E-state index is 15.0. The van der Waals surface area contributed by atoms with Crippen molar-refractivity contribution >= 4 is 11.9 Å². The minimum absolute atomic E-state index is 0.0359. The molecule has 1 atom stereocenters. The number of halogens is 1. The Hall–Kier alpha value is -3.36. The zero-order valence-electron chi connectivity index (χ0n) is 19.0. The first-order valence-electron chi connectivity index (χ1n) is 11.5. The highest BCUT2D eigenvalue weighted by Crippen LogP contribution is 2.40. The lowest BCUT2D eigenvalue weighted by Crippen LogP contribution is -2.48. The Morgan fingerprint density at radius 3 is 2.39 bits per heavy atom. The number of benzene rings is 1. The van der Waals surface area contributed by atoms with Crippen molar-refractivity contribution in [2.45, 2.75) is 51.5 Å². The molecule has 2 aliphatic heterocycles. The second-order valence-corrected chi connectivity index (χ2v) is 9.03. The first-order valence-corrected chi connectivity index (χ1v) is 11.5. The summed E-state index contributed by atoms with van der Waals surface area (Å²) in [7, 11) is 0. The van der Waals surface area contributed by atoms with Gasteiger partial charge in [-0.3, -0.25) is 4.79 Å². The summed E-state index contributed by atoms with van der Waals surface area (Å²) in [6.07, 6.45) is 7.48. The van der Waals surface area contributed by atoms with Crippen LogP contribution in [0.25, 0.3) is 5.69 Å². The molecule has 9 heteroatoms. The topological polar surface area (TPSA) is 80.0 Å². The Morgan fingerprint density at radius 2 is 1.67 bits per heavy atom. The van der Waals surface area contributed by atoms with Crippen LogP contribution in [0.5, 0.6) is 0 Å². The molecule has 5 rings (SSSR count). The molecule has 1 amide bonds. The van der Waals surface area contributed by atoms with Gasteiger partial charge < -0.3 is 9.80 Å². The summed E-state index contributed by atoms with van der Waals surface area (Å²) in [6, 6.07) is 6.57. The molecule has 4 heterocycles. The fourth-order valence-corrected chi connectivity index (χ4v) is 5.37. The largest absolute Gasteiger partial charge is 0.341 e. The lowest BCUT2D eigenvalue weighted by molar-refractivity contribution is 0.0561. The van der Waals surface area contributed by atoms with Crippen molar-refractivity contribution in [3.8, 4) is 5.69 Å². The van der Waals surface area contributed by atoms with E-state index >= 15 is 0 Å². The van der Waals surface area contributed by atoms with Crippen molar-refractivity contribution < 1.29 is 9.18 Å². The standard InChI is InChI=1S/C24H28FN7O/c1-17-16-18(2)29-23(28-17)30-13-4-8-24(10-15-30)9-5-14-31(24)22(33)21-19(25)6-3-7-20(21)32-26-11-12-27-32/h3,6-7,11-12,16H,4-5,8-10,13-15H2,1-2H3. The van der Waals surface area contributed by atoms with Gasteiger partial charge in [0.1, 0.15) is 17.1 Å². The number of aryl methyl sites for hydroxylation is 2. The van der Waals surface area contributed by atoms with Gasteiger partial charge in [0.15, 0.2) is 0 Å². The number of carbonyl (C=O) groups is 1. The van der Waals surface area contributed by atoms with Gasteiger partial charge in [-0.25, -0.2) is 14.4 Å². The molecule has 0 aliphatic carbocycles. The third-order valence-corrected chi connectivity index (χ3v) is 6.85. The van der Waals surface area contributed by atoms with Crippen LogP contribution in [-0.4, -0.2) is 60.9 Å². The Balaban J connectivity index is 1.43. The molecular formula is C24H28FN7O. The first-order chi connectivity index (χ1) is 16.0. The molecular weight excluding hydrogens is 421 g/mol. The minimum Gasteiger partial charge on any atom is -0.341 e. The van der Waals surface area contributed by atoms with Gasteiger partial charge in [-0.2, -0.15) is 15.0 Å². The highest BCUT2D eigenvalue weighted by Gasteiger charge is 2.45. The van der Waals surface area contributed by atoms with Gasteiger partial charge in [0.25, 0.3) is 5.91 Å². The average molecular weight is 450 g/mol. The second kappa shape index (κ2) is 8.53. The van der Waals surface area contributed by atoms with E-state index in [2.05, 4.69) is 25.1 Å². The summed E-state index contributed by atoms with van der Waals surface area (Å²) in [6.45, 7) is 6.19. The van der Waals surface area contributed by atoms with Crippen LogP contribution >= 0.6 is 0 Å². The third-order valence-electron chi connectivity index (χ3n) is 6.85. The van der Waals surface area contributed by atoms with Crippen molar-refractivity contribution in [1.82, 2.24) is 29.9 Å². The normalized spacial score (nSPS) is 20.9. The predicted molar refractivity (Wildman–Crippen MR) is 122 cm³/mol. The number of carbonyl (C=O) groups excluding carboxylic acids is 1. The zero-order chi connectivity index (χ0) is 23.0. The van der Waals surface area contributed by atoms with Gasteiger partial charge in [0, 0.05) is 36.6 Å². The van der Waals surface area contributed by atoms with E-state index in [0.29, 0.717) is 12.2 Å². The van der Waals surface area contributed by atoms with E-state index in [-0.39, 0.29) is 17.0 Å². The molecule has 2 saturated heterocycles. The van der Waals surface area contributed by atoms with Crippen LogP contribution in [0, 0.1) is 19.7 Å². The quantitative estimate of drug-likeness (QED) is 0.609. The molecule has 8 nitrogen and oxygen atoms in total. The zero-order valence-corrected chi connectivity index (χ0v) is 19.0. The number of nitrogens with zero attached hydrogens (tertiary/aromatic N) is 7. The van der Waals surface area contributed by atoms with E-state index in [1.165, 1.54) is 23.3 Å². The SMILES string of the molecule is Cc1cc(C)nc(N2CCCC3(CCCN3C(=O)c3c(F)cccc3-n3nccn3)CC2)n1. The van der Waals surface area contributed by atoms with Crippen molar-refractivity contribution in [2.75, 3.05) is 24.5 Å². The fraction of sp³-hybridized carbons (Fsp3) is 0.458. The average Bonchev–Trinajstić information content (AvgIpc) is 3.40. The van der Waals surface area contributed by atoms with E-state index in [1.54, 1.807) is 12.1 Å². The molecule has 3 aromatic rings. The van der Waals surface area contributed by atoms with E-state index in [4.69, 9.17) is 0 Å². The van der Waals surface area contributed by atoms with Crippen LogP contribution in [0.1, 0.15) is 53.8 Å². The maximum Gasteiger partial charge on any atom is 0.259 e. The smallest absolute Gasteiger partial charge is 0.259 e. The Morgan fingerprint density at radius 1 is 0.970 bits per heavy atom. The van der Waals surface area contributed by atoms with E-state index in [9.17, 15) is 9.18 Å². The molecule has 1 spiro atoms. The number of rotatable bonds is 3. The molecule has 0 radical (unpaired) electrons.